The number of nitrogens with zero attached hydrogens (tertiary/aromatic N) is 5. The van der Waals surface area contributed by atoms with E-state index in [0.717, 1.165) is 62.2 Å². The highest BCUT2D eigenvalue weighted by atomic mass is 19.1. The number of fused-ring (bicyclic) bond motifs is 2. The first-order valence-corrected chi connectivity index (χ1v) is 11.2. The number of halogens is 1. The highest BCUT2D eigenvalue weighted by Gasteiger charge is 2.15. The van der Waals surface area contributed by atoms with E-state index in [4.69, 9.17) is 0 Å². The van der Waals surface area contributed by atoms with E-state index in [1.807, 2.05) is 50.9 Å². The third kappa shape index (κ3) is 3.94. The fourth-order valence-electron chi connectivity index (χ4n) is 4.41. The third-order valence-electron chi connectivity index (χ3n) is 5.95. The molecule has 0 saturated carbocycles. The number of benzene rings is 1. The maximum Gasteiger partial charge on any atom is 0.181 e. The smallest absolute Gasteiger partial charge is 0.181 e. The van der Waals surface area contributed by atoms with Crippen molar-refractivity contribution in [1.29, 1.82) is 0 Å². The normalized spacial score (nSPS) is 11.7. The largest absolute Gasteiger partial charge is 0.353 e. The number of pyridine rings is 3. The molecule has 0 atom stereocenters. The number of H-pyrrole nitrogens is 2. The van der Waals surface area contributed by atoms with Crippen LogP contribution in [-0.4, -0.2) is 49.1 Å². The van der Waals surface area contributed by atoms with Crippen molar-refractivity contribution in [1.82, 2.24) is 35.0 Å². The molecule has 0 fully saturated rings. The van der Waals surface area contributed by atoms with E-state index in [1.165, 1.54) is 12.1 Å². The van der Waals surface area contributed by atoms with E-state index in [9.17, 15) is 4.39 Å². The zero-order chi connectivity index (χ0) is 23.9. The lowest BCUT2D eigenvalue weighted by atomic mass is 10.1. The van der Waals surface area contributed by atoms with Gasteiger partial charge < -0.3 is 9.88 Å². The molecule has 5 aromatic heterocycles. The van der Waals surface area contributed by atoms with Crippen molar-refractivity contribution in [3.8, 4) is 33.8 Å². The number of hydrogen-bond donors (Lipinski definition) is 2. The van der Waals surface area contributed by atoms with Gasteiger partial charge in [0.1, 0.15) is 5.82 Å². The number of hydrogen-bond acceptors (Lipinski definition) is 5. The molecule has 1 aromatic carbocycles. The Morgan fingerprint density at radius 3 is 2.63 bits per heavy atom. The molecule has 0 unspecified atom stereocenters. The zero-order valence-electron chi connectivity index (χ0n) is 19.2. The van der Waals surface area contributed by atoms with Crippen molar-refractivity contribution >= 4 is 21.9 Å². The van der Waals surface area contributed by atoms with Gasteiger partial charge in [0, 0.05) is 64.3 Å². The van der Waals surface area contributed by atoms with Crippen LogP contribution in [0.25, 0.3) is 55.7 Å². The quantitative estimate of drug-likeness (QED) is 0.356. The average molecular weight is 464 g/mol. The second kappa shape index (κ2) is 8.41. The van der Waals surface area contributed by atoms with Crippen molar-refractivity contribution in [2.45, 2.75) is 6.54 Å². The summed E-state index contributed by atoms with van der Waals surface area (Å²) < 4.78 is 13.9. The topological polar surface area (TPSA) is 86.4 Å². The number of rotatable bonds is 5. The Hall–Kier alpha value is -4.43. The van der Waals surface area contributed by atoms with Gasteiger partial charge in [0.05, 0.1) is 17.1 Å². The SMILES string of the molecule is CN(C)Cc1cncc(-c2cnc3n[nH]c(-c4cc5c(-c6cccc(F)c6)nccc5[nH]4)c3c2)c1. The standard InChI is InChI=1S/C27H22FN7/c1-35(2)15-16-8-18(13-29-12-16)19-10-22-26(33-34-27(22)31-14-19)24-11-21-23(32-24)6-7-30-25(21)17-4-3-5-20(28)9-17/h3-14,32H,15H2,1-2H3,(H,31,33,34). The molecule has 0 bridgehead atoms. The molecule has 0 radical (unpaired) electrons. The van der Waals surface area contributed by atoms with Crippen LogP contribution in [0.4, 0.5) is 4.39 Å². The maximum absolute atomic E-state index is 13.9. The summed E-state index contributed by atoms with van der Waals surface area (Å²) in [5, 5.41) is 9.33. The van der Waals surface area contributed by atoms with E-state index < -0.39 is 0 Å². The van der Waals surface area contributed by atoms with E-state index in [0.29, 0.717) is 5.65 Å². The molecule has 6 aromatic rings. The number of aromatic amines is 2. The Balaban J connectivity index is 1.45. The van der Waals surface area contributed by atoms with Crippen molar-refractivity contribution < 1.29 is 4.39 Å². The van der Waals surface area contributed by atoms with Crippen LogP contribution in [0.1, 0.15) is 5.56 Å². The minimum absolute atomic E-state index is 0.292. The Morgan fingerprint density at radius 1 is 0.886 bits per heavy atom. The van der Waals surface area contributed by atoms with Gasteiger partial charge in [0.2, 0.25) is 0 Å². The maximum atomic E-state index is 13.9. The van der Waals surface area contributed by atoms with Crippen molar-refractivity contribution in [3.05, 3.63) is 84.7 Å². The van der Waals surface area contributed by atoms with E-state index in [-0.39, 0.29) is 5.82 Å². The summed E-state index contributed by atoms with van der Waals surface area (Å²) in [4.78, 5) is 19.1. The molecule has 0 saturated heterocycles. The number of nitrogens with one attached hydrogen (secondary N) is 2. The van der Waals surface area contributed by atoms with Gasteiger partial charge in [0.15, 0.2) is 5.65 Å². The molecule has 0 spiro atoms. The van der Waals surface area contributed by atoms with Crippen LogP contribution >= 0.6 is 0 Å². The van der Waals surface area contributed by atoms with Gasteiger partial charge in [0.25, 0.3) is 0 Å². The summed E-state index contributed by atoms with van der Waals surface area (Å²) in [7, 11) is 4.07. The summed E-state index contributed by atoms with van der Waals surface area (Å²) in [5.74, 6) is -0.292. The van der Waals surface area contributed by atoms with Crippen LogP contribution < -0.4 is 0 Å². The Bertz CT molecular complexity index is 1680. The molecule has 0 aliphatic carbocycles. The van der Waals surface area contributed by atoms with Gasteiger partial charge in [-0.2, -0.15) is 5.10 Å². The van der Waals surface area contributed by atoms with Crippen LogP contribution in [0, 0.1) is 5.82 Å². The van der Waals surface area contributed by atoms with Crippen molar-refractivity contribution in [2.24, 2.45) is 0 Å². The molecule has 8 heteroatoms. The Labute approximate surface area is 200 Å². The summed E-state index contributed by atoms with van der Waals surface area (Å²) in [5.41, 5.74) is 7.75. The predicted molar refractivity (Wildman–Crippen MR) is 135 cm³/mol. The monoisotopic (exact) mass is 463 g/mol. The minimum atomic E-state index is -0.292. The first-order valence-electron chi connectivity index (χ1n) is 11.2. The molecular weight excluding hydrogens is 441 g/mol. The molecule has 7 nitrogen and oxygen atoms in total. The highest BCUT2D eigenvalue weighted by Crippen LogP contribution is 2.34. The fraction of sp³-hybridized carbons (Fsp3) is 0.111. The first kappa shape index (κ1) is 21.1. The highest BCUT2D eigenvalue weighted by molar-refractivity contribution is 5.99. The number of aromatic nitrogens is 6. The third-order valence-corrected chi connectivity index (χ3v) is 5.95. The van der Waals surface area contributed by atoms with Gasteiger partial charge in [-0.15, -0.1) is 0 Å². The lowest BCUT2D eigenvalue weighted by Gasteiger charge is -2.10. The zero-order valence-corrected chi connectivity index (χ0v) is 19.2. The van der Waals surface area contributed by atoms with Crippen LogP contribution in [0.2, 0.25) is 0 Å². The minimum Gasteiger partial charge on any atom is -0.353 e. The summed E-state index contributed by atoms with van der Waals surface area (Å²) in [6, 6.07) is 14.6. The van der Waals surface area contributed by atoms with E-state index >= 15 is 0 Å². The van der Waals surface area contributed by atoms with Crippen LogP contribution in [0.15, 0.2) is 73.3 Å². The molecule has 172 valence electrons. The lowest BCUT2D eigenvalue weighted by Crippen LogP contribution is -2.10. The Kier molecular flexibility index (Phi) is 5.08. The van der Waals surface area contributed by atoms with Crippen LogP contribution in [0.3, 0.4) is 0 Å². The Morgan fingerprint density at radius 2 is 1.77 bits per heavy atom. The predicted octanol–water partition coefficient (Wildman–Crippen LogP) is 5.43. The second-order valence-electron chi connectivity index (χ2n) is 8.83. The van der Waals surface area contributed by atoms with Gasteiger partial charge in [-0.3, -0.25) is 15.1 Å². The van der Waals surface area contributed by atoms with Gasteiger partial charge in [-0.1, -0.05) is 12.1 Å². The van der Waals surface area contributed by atoms with Gasteiger partial charge in [-0.25, -0.2) is 9.37 Å². The molecule has 0 amide bonds. The van der Waals surface area contributed by atoms with Crippen LogP contribution in [-0.2, 0) is 6.54 Å². The van der Waals surface area contributed by atoms with E-state index in [2.05, 4.69) is 47.2 Å². The average Bonchev–Trinajstić information content (AvgIpc) is 3.47. The molecule has 0 aliphatic heterocycles. The van der Waals surface area contributed by atoms with E-state index in [1.54, 1.807) is 12.3 Å². The van der Waals surface area contributed by atoms with Crippen LogP contribution in [0.5, 0.6) is 0 Å². The summed E-state index contributed by atoms with van der Waals surface area (Å²) >= 11 is 0. The molecule has 35 heavy (non-hydrogen) atoms. The summed E-state index contributed by atoms with van der Waals surface area (Å²) in [6.07, 6.45) is 7.27. The lowest BCUT2D eigenvalue weighted by molar-refractivity contribution is 0.402. The fourth-order valence-corrected chi connectivity index (χ4v) is 4.41. The molecule has 6 rings (SSSR count). The van der Waals surface area contributed by atoms with Gasteiger partial charge in [-0.05, 0) is 56.1 Å². The van der Waals surface area contributed by atoms with Gasteiger partial charge >= 0.3 is 0 Å². The van der Waals surface area contributed by atoms with Crippen molar-refractivity contribution in [3.63, 3.8) is 0 Å². The molecule has 5 heterocycles. The molecule has 2 N–H and O–H groups in total. The molecular formula is C27H22FN7. The first-order chi connectivity index (χ1) is 17.0. The summed E-state index contributed by atoms with van der Waals surface area (Å²) in [6.45, 7) is 0.810. The van der Waals surface area contributed by atoms with Crippen molar-refractivity contribution in [2.75, 3.05) is 14.1 Å². The molecule has 0 aliphatic rings. The second-order valence-corrected chi connectivity index (χ2v) is 8.83.